The van der Waals surface area contributed by atoms with E-state index in [9.17, 15) is 23.1 Å². The van der Waals surface area contributed by atoms with E-state index >= 15 is 0 Å². The van der Waals surface area contributed by atoms with E-state index in [4.69, 9.17) is 4.74 Å². The minimum Gasteiger partial charge on any atom is -0.496 e. The lowest BCUT2D eigenvalue weighted by Gasteiger charge is -2.09. The molecule has 136 valence electrons. The molecular weight excluding hydrogens is 385 g/mol. The molecule has 1 N–H and O–H groups in total. The number of hydrogen-bond donors (Lipinski definition) is 1. The number of halogens is 3. The van der Waals surface area contributed by atoms with Crippen LogP contribution in [0.15, 0.2) is 46.2 Å². The zero-order valence-electron chi connectivity index (χ0n) is 13.7. The van der Waals surface area contributed by atoms with Gasteiger partial charge in [-0.2, -0.15) is 13.2 Å². The van der Waals surface area contributed by atoms with E-state index in [1.54, 1.807) is 12.1 Å². The van der Waals surface area contributed by atoms with Crippen molar-refractivity contribution >= 4 is 39.2 Å². The summed E-state index contributed by atoms with van der Waals surface area (Å²) >= 11 is 2.10. The molecule has 8 heteroatoms. The maximum Gasteiger partial charge on any atom is 0.416 e. The molecule has 26 heavy (non-hydrogen) atoms. The molecule has 0 atom stereocenters. The molecule has 0 aliphatic heterocycles. The van der Waals surface area contributed by atoms with Crippen molar-refractivity contribution in [3.63, 3.8) is 0 Å². The Balaban J connectivity index is 2.13. The number of alkyl halides is 3. The average Bonchev–Trinajstić information content (AvgIpc) is 2.91. The normalized spacial score (nSPS) is 11.7. The van der Waals surface area contributed by atoms with E-state index < -0.39 is 17.7 Å². The highest BCUT2D eigenvalue weighted by Gasteiger charge is 2.30. The Morgan fingerprint density at radius 1 is 1.23 bits per heavy atom. The number of ether oxygens (including phenoxy) is 1. The molecule has 3 nitrogen and oxygen atoms in total. The molecule has 1 heterocycles. The first-order chi connectivity index (χ1) is 12.2. The van der Waals surface area contributed by atoms with Gasteiger partial charge < -0.3 is 9.84 Å². The van der Waals surface area contributed by atoms with Crippen LogP contribution < -0.4 is 4.74 Å². The van der Waals surface area contributed by atoms with Gasteiger partial charge in [-0.15, -0.1) is 11.3 Å². The van der Waals surface area contributed by atoms with Crippen LogP contribution in [-0.2, 0) is 6.18 Å². The second-order valence-corrected chi connectivity index (χ2v) is 7.65. The van der Waals surface area contributed by atoms with Gasteiger partial charge in [0.05, 0.1) is 12.7 Å². The number of benzene rings is 2. The molecule has 0 spiro atoms. The smallest absolute Gasteiger partial charge is 0.416 e. The van der Waals surface area contributed by atoms with Gasteiger partial charge in [0, 0.05) is 19.9 Å². The maximum absolute atomic E-state index is 12.9. The largest absolute Gasteiger partial charge is 0.496 e. The first-order valence-corrected chi connectivity index (χ1v) is 9.03. The number of aryl methyl sites for hydroxylation is 1. The van der Waals surface area contributed by atoms with Gasteiger partial charge in [0.1, 0.15) is 10.6 Å². The van der Waals surface area contributed by atoms with Gasteiger partial charge in [0.15, 0.2) is 0 Å². The van der Waals surface area contributed by atoms with Crippen LogP contribution in [0.1, 0.15) is 20.8 Å². The van der Waals surface area contributed by atoms with Crippen molar-refractivity contribution in [2.75, 3.05) is 7.11 Å². The second-order valence-electron chi connectivity index (χ2n) is 5.51. The standard InChI is InChI=1S/C18H13F3O3S2/c1-9-6-12-14(8-13(9)24-2)26-16(17(22)23)15(12)25-11-5-3-4-10(7-11)18(19,20)21/h3-8H,1-2H3,(H,22,23). The van der Waals surface area contributed by atoms with Gasteiger partial charge in [-0.25, -0.2) is 4.79 Å². The lowest BCUT2D eigenvalue weighted by Crippen LogP contribution is -2.04. The Bertz CT molecular complexity index is 993. The molecule has 0 saturated carbocycles. The summed E-state index contributed by atoms with van der Waals surface area (Å²) in [5, 5.41) is 10.2. The Kier molecular flexibility index (Phi) is 4.90. The number of aromatic carboxylic acids is 1. The number of carboxylic acid groups (broad SMARTS) is 1. The molecular formula is C18H13F3O3S2. The number of fused-ring (bicyclic) bond motifs is 1. The number of methoxy groups -OCH3 is 1. The van der Waals surface area contributed by atoms with Crippen LogP contribution in [0.25, 0.3) is 10.1 Å². The van der Waals surface area contributed by atoms with Crippen LogP contribution in [0.4, 0.5) is 13.2 Å². The summed E-state index contributed by atoms with van der Waals surface area (Å²) in [5.74, 6) is -0.483. The van der Waals surface area contributed by atoms with E-state index in [1.807, 2.05) is 6.92 Å². The van der Waals surface area contributed by atoms with Crippen LogP contribution >= 0.6 is 23.1 Å². The van der Waals surface area contributed by atoms with Crippen molar-refractivity contribution in [1.82, 2.24) is 0 Å². The topological polar surface area (TPSA) is 46.5 Å². The molecule has 0 fully saturated rings. The van der Waals surface area contributed by atoms with Gasteiger partial charge in [-0.3, -0.25) is 0 Å². The fourth-order valence-electron chi connectivity index (χ4n) is 2.53. The Labute approximate surface area is 155 Å². The van der Waals surface area contributed by atoms with E-state index in [2.05, 4.69) is 0 Å². The molecule has 0 saturated heterocycles. The summed E-state index contributed by atoms with van der Waals surface area (Å²) < 4.78 is 44.8. The summed E-state index contributed by atoms with van der Waals surface area (Å²) in [6.07, 6.45) is -4.45. The molecule has 0 amide bonds. The second kappa shape index (κ2) is 6.85. The Hall–Kier alpha value is -2.19. The molecule has 1 aromatic heterocycles. The average molecular weight is 398 g/mol. The zero-order chi connectivity index (χ0) is 19.1. The minimum absolute atomic E-state index is 0.0927. The van der Waals surface area contributed by atoms with Gasteiger partial charge >= 0.3 is 12.1 Å². The van der Waals surface area contributed by atoms with Crippen LogP contribution in [0.3, 0.4) is 0 Å². The lowest BCUT2D eigenvalue weighted by atomic mass is 10.1. The van der Waals surface area contributed by atoms with Crippen molar-refractivity contribution in [3.8, 4) is 5.75 Å². The Morgan fingerprint density at radius 3 is 2.58 bits per heavy atom. The lowest BCUT2D eigenvalue weighted by molar-refractivity contribution is -0.137. The molecule has 3 aromatic rings. The fraction of sp³-hybridized carbons (Fsp3) is 0.167. The van der Waals surface area contributed by atoms with E-state index in [1.165, 1.54) is 19.2 Å². The van der Waals surface area contributed by atoms with Gasteiger partial charge in [-0.05, 0) is 42.8 Å². The number of carboxylic acids is 1. The number of carbonyl (C=O) groups is 1. The monoisotopic (exact) mass is 398 g/mol. The SMILES string of the molecule is COc1cc2sc(C(=O)O)c(Sc3cccc(C(F)(F)F)c3)c2cc1C. The maximum atomic E-state index is 12.9. The predicted octanol–water partition coefficient (Wildman–Crippen LogP) is 6.09. The summed E-state index contributed by atoms with van der Waals surface area (Å²) in [7, 11) is 1.53. The first kappa shape index (κ1) is 18.6. The van der Waals surface area contributed by atoms with E-state index in [0.717, 1.165) is 40.8 Å². The van der Waals surface area contributed by atoms with Gasteiger partial charge in [-0.1, -0.05) is 17.8 Å². The summed E-state index contributed by atoms with van der Waals surface area (Å²) in [6.45, 7) is 1.83. The summed E-state index contributed by atoms with van der Waals surface area (Å²) in [6, 6.07) is 8.41. The van der Waals surface area contributed by atoms with Crippen LogP contribution in [0.2, 0.25) is 0 Å². The van der Waals surface area contributed by atoms with Crippen molar-refractivity contribution in [3.05, 3.63) is 52.4 Å². The minimum atomic E-state index is -4.45. The van der Waals surface area contributed by atoms with E-state index in [0.29, 0.717) is 25.6 Å². The number of thiophene rings is 1. The fourth-order valence-corrected chi connectivity index (χ4v) is 4.81. The third-order valence-corrected chi connectivity index (χ3v) is 6.12. The van der Waals surface area contributed by atoms with Crippen LogP contribution in [0.5, 0.6) is 5.75 Å². The molecule has 0 bridgehead atoms. The summed E-state index contributed by atoms with van der Waals surface area (Å²) in [4.78, 5) is 12.5. The van der Waals surface area contributed by atoms with Crippen LogP contribution in [-0.4, -0.2) is 18.2 Å². The molecule has 3 rings (SSSR count). The first-order valence-electron chi connectivity index (χ1n) is 7.40. The quantitative estimate of drug-likeness (QED) is 0.578. The highest BCUT2D eigenvalue weighted by atomic mass is 32.2. The summed E-state index contributed by atoms with van der Waals surface area (Å²) in [5.41, 5.74) is 0.0531. The van der Waals surface area contributed by atoms with Gasteiger partial charge in [0.25, 0.3) is 0 Å². The van der Waals surface area contributed by atoms with Crippen molar-refractivity contribution in [2.45, 2.75) is 22.9 Å². The molecule has 0 aliphatic carbocycles. The molecule has 0 unspecified atom stereocenters. The third kappa shape index (κ3) is 3.52. The van der Waals surface area contributed by atoms with Gasteiger partial charge in [0.2, 0.25) is 0 Å². The third-order valence-electron chi connectivity index (χ3n) is 3.74. The number of rotatable bonds is 4. The van der Waals surface area contributed by atoms with Crippen LogP contribution in [0, 0.1) is 6.92 Å². The highest BCUT2D eigenvalue weighted by molar-refractivity contribution is 7.99. The highest BCUT2D eigenvalue weighted by Crippen LogP contribution is 2.44. The molecule has 2 aromatic carbocycles. The van der Waals surface area contributed by atoms with Crippen molar-refractivity contribution in [1.29, 1.82) is 0 Å². The van der Waals surface area contributed by atoms with Crippen molar-refractivity contribution in [2.24, 2.45) is 0 Å². The molecule has 0 aliphatic rings. The predicted molar refractivity (Wildman–Crippen MR) is 95.6 cm³/mol. The van der Waals surface area contributed by atoms with E-state index in [-0.39, 0.29) is 4.88 Å². The molecule has 0 radical (unpaired) electrons. The number of hydrogen-bond acceptors (Lipinski definition) is 4. The zero-order valence-corrected chi connectivity index (χ0v) is 15.3. The van der Waals surface area contributed by atoms with Crippen molar-refractivity contribution < 1.29 is 27.8 Å². The Morgan fingerprint density at radius 2 is 1.96 bits per heavy atom.